The molecule has 1 saturated heterocycles. The number of nitrogens with zero attached hydrogens (tertiary/aromatic N) is 1. The summed E-state index contributed by atoms with van der Waals surface area (Å²) in [5.41, 5.74) is 2.49. The van der Waals surface area contributed by atoms with Crippen molar-refractivity contribution in [3.63, 3.8) is 0 Å². The molecule has 12 heavy (non-hydrogen) atoms. The zero-order valence-corrected chi connectivity index (χ0v) is 7.98. The van der Waals surface area contributed by atoms with Crippen LogP contribution >= 0.6 is 11.8 Å². The molecule has 1 atom stereocenters. The molecule has 1 rings (SSSR count). The number of nitrogens with one attached hydrogen (secondary N) is 1. The Balaban J connectivity index is 2.39. The number of β-lactam (4-membered cyclic amide) rings is 1. The number of hydrogen-bond donors (Lipinski definition) is 1. The Kier molecular flexibility index (Phi) is 2.97. The van der Waals surface area contributed by atoms with Gasteiger partial charge in [0.15, 0.2) is 0 Å². The van der Waals surface area contributed by atoms with Crippen LogP contribution < -0.4 is 5.43 Å². The van der Waals surface area contributed by atoms with E-state index in [4.69, 9.17) is 0 Å². The molecular weight excluding hydrogens is 176 g/mol. The van der Waals surface area contributed by atoms with Crippen LogP contribution in [-0.2, 0) is 9.59 Å². The van der Waals surface area contributed by atoms with Crippen LogP contribution in [0.4, 0.5) is 0 Å². The molecule has 1 fully saturated rings. The molecule has 1 heterocycles. The maximum Gasteiger partial charge on any atom is 0.245 e. The fourth-order valence-electron chi connectivity index (χ4n) is 1.02. The smallest absolute Gasteiger partial charge is 0.245 e. The number of amides is 2. The van der Waals surface area contributed by atoms with Gasteiger partial charge in [0, 0.05) is 6.92 Å². The molecule has 4 nitrogen and oxygen atoms in total. The third kappa shape index (κ3) is 1.91. The highest BCUT2D eigenvalue weighted by molar-refractivity contribution is 7.99. The van der Waals surface area contributed by atoms with E-state index in [1.54, 1.807) is 11.8 Å². The minimum absolute atomic E-state index is 0.00356. The lowest BCUT2D eigenvalue weighted by Crippen LogP contribution is -2.59. The maximum absolute atomic E-state index is 10.9. The molecule has 0 aliphatic carbocycles. The number of thioether (sulfide) groups is 1. The summed E-state index contributed by atoms with van der Waals surface area (Å²) in [4.78, 5) is 21.6. The van der Waals surface area contributed by atoms with E-state index in [0.717, 1.165) is 5.75 Å². The number of carbonyl (C=O) groups is 2. The Hall–Kier alpha value is -0.710. The molecule has 2 amide bonds. The number of hydrazine groups is 1. The average molecular weight is 188 g/mol. The lowest BCUT2D eigenvalue weighted by molar-refractivity contribution is -0.151. The first-order valence-corrected chi connectivity index (χ1v) is 4.91. The van der Waals surface area contributed by atoms with Crippen LogP contribution in [0, 0.1) is 0 Å². The van der Waals surface area contributed by atoms with E-state index in [9.17, 15) is 9.59 Å². The van der Waals surface area contributed by atoms with Crippen LogP contribution in [0.25, 0.3) is 0 Å². The largest absolute Gasteiger partial charge is 0.274 e. The third-order valence-corrected chi connectivity index (χ3v) is 2.64. The average Bonchev–Trinajstić information content (AvgIpc) is 2.00. The fourth-order valence-corrected chi connectivity index (χ4v) is 1.98. The summed E-state index contributed by atoms with van der Waals surface area (Å²) < 4.78 is 0. The van der Waals surface area contributed by atoms with Crippen molar-refractivity contribution in [2.45, 2.75) is 25.6 Å². The van der Waals surface area contributed by atoms with Crippen molar-refractivity contribution in [1.29, 1.82) is 0 Å². The molecule has 1 aliphatic rings. The van der Waals surface area contributed by atoms with E-state index >= 15 is 0 Å². The topological polar surface area (TPSA) is 49.4 Å². The quantitative estimate of drug-likeness (QED) is 0.650. The lowest BCUT2D eigenvalue weighted by Gasteiger charge is -2.38. The molecule has 0 saturated carbocycles. The Morgan fingerprint density at radius 2 is 2.50 bits per heavy atom. The second-order valence-electron chi connectivity index (χ2n) is 2.55. The highest BCUT2D eigenvalue weighted by Crippen LogP contribution is 2.26. The maximum atomic E-state index is 10.9. The summed E-state index contributed by atoms with van der Waals surface area (Å²) >= 11 is 1.66. The van der Waals surface area contributed by atoms with Gasteiger partial charge in [-0.15, -0.1) is 11.8 Å². The zero-order valence-electron chi connectivity index (χ0n) is 7.16. The van der Waals surface area contributed by atoms with Crippen molar-refractivity contribution < 1.29 is 9.59 Å². The van der Waals surface area contributed by atoms with E-state index in [1.807, 2.05) is 6.92 Å². The van der Waals surface area contributed by atoms with Gasteiger partial charge in [0.25, 0.3) is 0 Å². The predicted octanol–water partition coefficient (Wildman–Crippen LogP) is 0.349. The Labute approximate surface area is 75.6 Å². The number of rotatable bonds is 3. The summed E-state index contributed by atoms with van der Waals surface area (Å²) in [7, 11) is 0. The molecule has 0 aromatic rings. The first-order chi connectivity index (χ1) is 5.65. The molecule has 5 heteroatoms. The molecule has 0 radical (unpaired) electrons. The van der Waals surface area contributed by atoms with Gasteiger partial charge in [-0.2, -0.15) is 0 Å². The molecule has 1 N–H and O–H groups in total. The van der Waals surface area contributed by atoms with Crippen molar-refractivity contribution >= 4 is 23.6 Å². The molecule has 1 aliphatic heterocycles. The van der Waals surface area contributed by atoms with Gasteiger partial charge >= 0.3 is 0 Å². The van der Waals surface area contributed by atoms with Gasteiger partial charge in [-0.25, -0.2) is 5.01 Å². The minimum Gasteiger partial charge on any atom is -0.274 e. The normalized spacial score (nSPS) is 22.0. The first kappa shape index (κ1) is 9.38. The molecule has 0 unspecified atom stereocenters. The minimum atomic E-state index is -0.190. The molecule has 0 spiro atoms. The highest BCUT2D eigenvalue weighted by Gasteiger charge is 2.36. The molecule has 68 valence electrons. The molecule has 0 aromatic heterocycles. The monoisotopic (exact) mass is 188 g/mol. The Morgan fingerprint density at radius 1 is 1.83 bits per heavy atom. The SMILES string of the molecule is CCS[C@H]1CC(=O)N1NC(C)=O. The van der Waals surface area contributed by atoms with Gasteiger partial charge < -0.3 is 0 Å². The Bertz CT molecular complexity index is 208. The lowest BCUT2D eigenvalue weighted by atomic mass is 10.2. The first-order valence-electron chi connectivity index (χ1n) is 3.86. The van der Waals surface area contributed by atoms with Crippen LogP contribution in [0.2, 0.25) is 0 Å². The van der Waals surface area contributed by atoms with Crippen molar-refractivity contribution in [2.75, 3.05) is 5.75 Å². The second kappa shape index (κ2) is 3.80. The van der Waals surface area contributed by atoms with E-state index < -0.39 is 0 Å². The molecular formula is C7H12N2O2S. The van der Waals surface area contributed by atoms with Gasteiger partial charge in [-0.1, -0.05) is 6.92 Å². The van der Waals surface area contributed by atoms with Crippen LogP contribution in [0.5, 0.6) is 0 Å². The van der Waals surface area contributed by atoms with Crippen LogP contribution in [-0.4, -0.2) is 27.9 Å². The third-order valence-electron chi connectivity index (χ3n) is 1.54. The summed E-state index contributed by atoms with van der Waals surface area (Å²) in [5, 5.41) is 1.54. The van der Waals surface area contributed by atoms with Gasteiger partial charge in [0.1, 0.15) is 5.37 Å². The molecule has 0 aromatic carbocycles. The highest BCUT2D eigenvalue weighted by atomic mass is 32.2. The zero-order chi connectivity index (χ0) is 9.14. The van der Waals surface area contributed by atoms with Crippen LogP contribution in [0.15, 0.2) is 0 Å². The van der Waals surface area contributed by atoms with Crippen LogP contribution in [0.3, 0.4) is 0 Å². The Morgan fingerprint density at radius 3 is 2.92 bits per heavy atom. The van der Waals surface area contributed by atoms with Crippen molar-refractivity contribution in [3.05, 3.63) is 0 Å². The van der Waals surface area contributed by atoms with E-state index in [-0.39, 0.29) is 17.2 Å². The number of hydrogen-bond acceptors (Lipinski definition) is 3. The number of carbonyl (C=O) groups excluding carboxylic acids is 2. The van der Waals surface area contributed by atoms with Crippen molar-refractivity contribution in [2.24, 2.45) is 0 Å². The van der Waals surface area contributed by atoms with Gasteiger partial charge in [-0.05, 0) is 5.75 Å². The van der Waals surface area contributed by atoms with E-state index in [0.29, 0.717) is 6.42 Å². The van der Waals surface area contributed by atoms with Gasteiger partial charge in [0.05, 0.1) is 6.42 Å². The summed E-state index contributed by atoms with van der Waals surface area (Å²) in [6.45, 7) is 3.43. The predicted molar refractivity (Wildman–Crippen MR) is 47.2 cm³/mol. The second-order valence-corrected chi connectivity index (χ2v) is 4.00. The van der Waals surface area contributed by atoms with Gasteiger partial charge in [-0.3, -0.25) is 15.0 Å². The summed E-state index contributed by atoms with van der Waals surface area (Å²) in [6.07, 6.45) is 0.540. The standard InChI is InChI=1S/C7H12N2O2S/c1-3-12-7-4-6(11)9(7)8-5(2)10/h7H,3-4H2,1-2H3,(H,8,10)/t7-/m0/s1. The van der Waals surface area contributed by atoms with E-state index in [2.05, 4.69) is 5.43 Å². The van der Waals surface area contributed by atoms with E-state index in [1.165, 1.54) is 11.9 Å². The molecule has 0 bridgehead atoms. The van der Waals surface area contributed by atoms with Crippen LogP contribution in [0.1, 0.15) is 20.3 Å². The van der Waals surface area contributed by atoms with Crippen molar-refractivity contribution in [3.8, 4) is 0 Å². The summed E-state index contributed by atoms with van der Waals surface area (Å²) in [5.74, 6) is 0.759. The van der Waals surface area contributed by atoms with Crippen molar-refractivity contribution in [1.82, 2.24) is 10.4 Å². The summed E-state index contributed by atoms with van der Waals surface area (Å²) in [6, 6.07) is 0. The van der Waals surface area contributed by atoms with Gasteiger partial charge in [0.2, 0.25) is 11.8 Å². The fraction of sp³-hybridized carbons (Fsp3) is 0.714.